The molecule has 0 aromatic heterocycles. The van der Waals surface area contributed by atoms with E-state index in [9.17, 15) is 0 Å². The fourth-order valence-electron chi connectivity index (χ4n) is 0. The van der Waals surface area contributed by atoms with Gasteiger partial charge in [0.15, 0.2) is 0 Å². The van der Waals surface area contributed by atoms with Crippen molar-refractivity contribution >= 4 is 9.90 Å². The maximum atomic E-state index is 0. The topological polar surface area (TPSA) is 0 Å². The van der Waals surface area contributed by atoms with Crippen LogP contribution in [0.5, 0.6) is 0 Å². The molecule has 6 heteroatoms. The summed E-state index contributed by atoms with van der Waals surface area (Å²) in [6, 6.07) is 0. The minimum atomic E-state index is 0. The Balaban J connectivity index is 0. The summed E-state index contributed by atoms with van der Waals surface area (Å²) in [6.45, 7) is 0. The largest absolute Gasteiger partial charge is 1.00 e. The Morgan fingerprint density at radius 1 is 0.667 bits per heavy atom. The van der Waals surface area contributed by atoms with Crippen LogP contribution >= 0.6 is 9.90 Å². The van der Waals surface area contributed by atoms with Crippen molar-refractivity contribution in [1.82, 2.24) is 0 Å². The quantitative estimate of drug-likeness (QED) is 0.177. The molecular weight excluding hydrogens is 130 g/mol. The molecule has 0 aromatic rings. The van der Waals surface area contributed by atoms with Gasteiger partial charge in [0, 0.05) is 0 Å². The second kappa shape index (κ2) is 123. The molecule has 0 spiro atoms. The molecule has 0 bridgehead atoms. The van der Waals surface area contributed by atoms with Gasteiger partial charge >= 0.3 is 29.6 Å². The van der Waals surface area contributed by atoms with Crippen LogP contribution in [0.2, 0.25) is 0 Å². The molecule has 0 radical (unpaired) electrons. The smallest absolute Gasteiger partial charge is 1.00 e. The molecule has 6 heavy (non-hydrogen) atoms. The molecule has 40 valence electrons. The van der Waals surface area contributed by atoms with Gasteiger partial charge in [0.05, 0.1) is 0 Å². The predicted octanol–water partition coefficient (Wildman–Crippen LogP) is -5.48. The summed E-state index contributed by atoms with van der Waals surface area (Å²) >= 11 is 0. The second-order valence-corrected chi connectivity index (χ2v) is 0. The number of hydrogen-bond donors (Lipinski definition) is 0. The van der Waals surface area contributed by atoms with Crippen molar-refractivity contribution in [2.45, 2.75) is 0 Å². The van der Waals surface area contributed by atoms with E-state index < -0.39 is 0 Å². The van der Waals surface area contributed by atoms with Crippen LogP contribution < -0.4 is 34.3 Å². The summed E-state index contributed by atoms with van der Waals surface area (Å²) in [5, 5.41) is 0. The Hall–Kier alpha value is 1.15. The van der Waals surface area contributed by atoms with Crippen molar-refractivity contribution < 1.29 is 48.4 Å². The third-order valence-corrected chi connectivity index (χ3v) is 0. The first-order valence-electron chi connectivity index (χ1n) is 0. The molecule has 0 heterocycles. The summed E-state index contributed by atoms with van der Waals surface area (Å²) in [5.74, 6) is 0. The van der Waals surface area contributed by atoms with Crippen molar-refractivity contribution in [3.63, 3.8) is 0 Å². The van der Waals surface area contributed by atoms with E-state index in [4.69, 9.17) is 0 Å². The molecule has 0 rings (SSSR count). The van der Waals surface area contributed by atoms with E-state index in [1.807, 2.05) is 0 Å². The molecule has 0 amide bonds. The first kappa shape index (κ1) is 204. The van der Waals surface area contributed by atoms with Crippen LogP contribution in [0.1, 0.15) is 0 Å². The molecule has 1 atom stereocenters. The van der Waals surface area contributed by atoms with Gasteiger partial charge in [-0.3, -0.25) is 14.1 Å². The average Bonchev–Trinajstić information content (AvgIpc) is 0. The molecule has 0 N–H and O–H groups in total. The van der Waals surface area contributed by atoms with Crippen LogP contribution in [0.3, 0.4) is 0 Å². The van der Waals surface area contributed by atoms with E-state index in [2.05, 4.69) is 0 Å². The van der Waals surface area contributed by atoms with Gasteiger partial charge in [-0.05, 0) is 0 Å². The van der Waals surface area contributed by atoms with E-state index in [1.54, 1.807) is 0 Å². The molecule has 1 unspecified atom stereocenters. The molecule has 0 aromatic carbocycles. The van der Waals surface area contributed by atoms with Gasteiger partial charge in [0.2, 0.25) is 0 Å². The first-order valence-corrected chi connectivity index (χ1v) is 0. The van der Waals surface area contributed by atoms with E-state index in [0.29, 0.717) is 0 Å². The summed E-state index contributed by atoms with van der Waals surface area (Å²) < 4.78 is 0. The first-order chi connectivity index (χ1) is 0. The summed E-state index contributed by atoms with van der Waals surface area (Å²) in [7, 11) is 0. The molecule has 0 aliphatic carbocycles. The van der Waals surface area contributed by atoms with Crippen LogP contribution in [0, 0.1) is 0 Å². The SMILES string of the molecule is F.F.F.P.[F-].[Na+]. The zero-order valence-electron chi connectivity index (χ0n) is 3.31. The third kappa shape index (κ3) is 67.1. The Morgan fingerprint density at radius 2 is 0.667 bits per heavy atom. The van der Waals surface area contributed by atoms with E-state index in [1.165, 1.54) is 0 Å². The normalized spacial score (nSPS) is 0. The molecule has 0 aliphatic heterocycles. The van der Waals surface area contributed by atoms with Crippen molar-refractivity contribution in [3.8, 4) is 0 Å². The van der Waals surface area contributed by atoms with Crippen LogP contribution in [0.25, 0.3) is 0 Å². The molecule has 0 fully saturated rings. The molecule has 0 saturated heterocycles. The Bertz CT molecular complexity index is 7.51. The van der Waals surface area contributed by atoms with E-state index >= 15 is 0 Å². The van der Waals surface area contributed by atoms with Crippen molar-refractivity contribution in [3.05, 3.63) is 0 Å². The Morgan fingerprint density at radius 3 is 0.667 bits per heavy atom. The van der Waals surface area contributed by atoms with Crippen LogP contribution in [-0.4, -0.2) is 0 Å². The van der Waals surface area contributed by atoms with Gasteiger partial charge in [-0.25, -0.2) is 0 Å². The Kier molecular flexibility index (Phi) is 4200. The predicted molar refractivity (Wildman–Crippen MR) is 18.6 cm³/mol. The molecule has 0 saturated carbocycles. The summed E-state index contributed by atoms with van der Waals surface area (Å²) in [4.78, 5) is 0. The number of halogens is 4. The Labute approximate surface area is 58.4 Å². The van der Waals surface area contributed by atoms with Gasteiger partial charge in [0.1, 0.15) is 0 Å². The minimum absolute atomic E-state index is 0. The standard InChI is InChI=1S/4FH.Na.H3P/h4*1H;;1H3/q;;;;+1;/p-1. The number of hydrogen-bond acceptors (Lipinski definition) is 0. The van der Waals surface area contributed by atoms with Crippen molar-refractivity contribution in [2.75, 3.05) is 0 Å². The average molecular weight is 136 g/mol. The van der Waals surface area contributed by atoms with Crippen molar-refractivity contribution in [1.29, 1.82) is 0 Å². The van der Waals surface area contributed by atoms with Gasteiger partial charge in [-0.15, -0.1) is 0 Å². The summed E-state index contributed by atoms with van der Waals surface area (Å²) in [5.41, 5.74) is 0. The fraction of sp³-hybridized carbons (Fsp3) is 0. The third-order valence-electron chi connectivity index (χ3n) is 0. The number of rotatable bonds is 0. The van der Waals surface area contributed by atoms with Gasteiger partial charge < -0.3 is 4.70 Å². The van der Waals surface area contributed by atoms with Crippen molar-refractivity contribution in [2.24, 2.45) is 0 Å². The molecular formula is H6F4NaP. The van der Waals surface area contributed by atoms with Gasteiger partial charge in [-0.2, -0.15) is 9.90 Å². The zero-order chi connectivity index (χ0) is 0. The van der Waals surface area contributed by atoms with Crippen LogP contribution in [0.4, 0.5) is 14.1 Å². The fourth-order valence-corrected chi connectivity index (χ4v) is 0. The zero-order valence-corrected chi connectivity index (χ0v) is 6.72. The van der Waals surface area contributed by atoms with Crippen LogP contribution in [-0.2, 0) is 0 Å². The van der Waals surface area contributed by atoms with E-state index in [-0.39, 0.29) is 58.3 Å². The maximum Gasteiger partial charge on any atom is 1.00 e. The van der Waals surface area contributed by atoms with E-state index in [0.717, 1.165) is 0 Å². The second-order valence-electron chi connectivity index (χ2n) is 0. The van der Waals surface area contributed by atoms with Crippen LogP contribution in [0.15, 0.2) is 0 Å². The van der Waals surface area contributed by atoms with Gasteiger partial charge in [0.25, 0.3) is 0 Å². The van der Waals surface area contributed by atoms with Gasteiger partial charge in [-0.1, -0.05) is 0 Å². The monoisotopic (exact) mass is 136 g/mol. The molecule has 0 aliphatic rings. The molecule has 0 nitrogen and oxygen atoms in total. The maximum absolute atomic E-state index is 0. The minimum Gasteiger partial charge on any atom is -1.00 e. The summed E-state index contributed by atoms with van der Waals surface area (Å²) in [6.07, 6.45) is 0.